The third-order valence-electron chi connectivity index (χ3n) is 5.41. The van der Waals surface area contributed by atoms with E-state index in [0.29, 0.717) is 18.8 Å². The van der Waals surface area contributed by atoms with Crippen LogP contribution in [0.4, 0.5) is 0 Å². The van der Waals surface area contributed by atoms with Crippen LogP contribution in [0.5, 0.6) is 0 Å². The second-order valence-electron chi connectivity index (χ2n) is 8.28. The summed E-state index contributed by atoms with van der Waals surface area (Å²) < 4.78 is 7.72. The molecule has 0 saturated carbocycles. The number of carboxylic acid groups (broad SMARTS) is 1. The van der Waals surface area contributed by atoms with E-state index in [1.165, 1.54) is 0 Å². The number of para-hydroxylation sites is 1. The van der Waals surface area contributed by atoms with Crippen molar-refractivity contribution in [3.63, 3.8) is 0 Å². The lowest BCUT2D eigenvalue weighted by Crippen LogP contribution is -2.45. The topological polar surface area (TPSA) is 109 Å². The van der Waals surface area contributed by atoms with Gasteiger partial charge < -0.3 is 24.7 Å². The number of nitrogens with zero attached hydrogens (tertiary/aromatic N) is 2. The predicted molar refractivity (Wildman–Crippen MR) is 118 cm³/mol. The van der Waals surface area contributed by atoms with Gasteiger partial charge in [-0.1, -0.05) is 32.0 Å². The Hall–Kier alpha value is -3.13. The zero-order valence-electron chi connectivity index (χ0n) is 18.6. The lowest BCUT2D eigenvalue weighted by atomic mass is 10.0. The molecule has 8 nitrogen and oxygen atoms in total. The van der Waals surface area contributed by atoms with Crippen LogP contribution in [0.25, 0.3) is 10.9 Å². The van der Waals surface area contributed by atoms with Gasteiger partial charge in [-0.15, -0.1) is 0 Å². The van der Waals surface area contributed by atoms with E-state index in [1.54, 1.807) is 14.0 Å². The van der Waals surface area contributed by atoms with Gasteiger partial charge >= 0.3 is 5.97 Å². The SMILES string of the molecule is CN[C@@H](CC(C)C)C(=O)N[C@H](Cc1cn(C)c2ccccc12)c1nc(C(=O)O)c(C)o1. The van der Waals surface area contributed by atoms with Crippen LogP contribution in [0.2, 0.25) is 0 Å². The summed E-state index contributed by atoms with van der Waals surface area (Å²) in [6, 6.07) is 7.03. The maximum absolute atomic E-state index is 13.0. The highest BCUT2D eigenvalue weighted by atomic mass is 16.4. The van der Waals surface area contributed by atoms with Gasteiger partial charge in [0.15, 0.2) is 5.69 Å². The molecule has 2 aromatic heterocycles. The molecule has 3 rings (SSSR count). The van der Waals surface area contributed by atoms with E-state index in [9.17, 15) is 14.7 Å². The van der Waals surface area contributed by atoms with Crippen molar-refractivity contribution in [3.8, 4) is 0 Å². The standard InChI is InChI=1S/C23H30N4O4/c1-13(2)10-17(24-4)21(28)25-18(22-26-20(23(29)30)14(3)31-22)11-15-12-27(5)19-9-7-6-8-16(15)19/h6-9,12-13,17-18,24H,10-11H2,1-5H3,(H,25,28)(H,29,30)/t17-,18+/m0/s1. The molecule has 1 aromatic carbocycles. The van der Waals surface area contributed by atoms with E-state index in [0.717, 1.165) is 16.5 Å². The summed E-state index contributed by atoms with van der Waals surface area (Å²) in [6.07, 6.45) is 3.11. The fourth-order valence-corrected chi connectivity index (χ4v) is 3.87. The molecule has 0 aliphatic carbocycles. The minimum absolute atomic E-state index is 0.139. The Balaban J connectivity index is 1.96. The van der Waals surface area contributed by atoms with E-state index in [1.807, 2.05) is 42.1 Å². The Morgan fingerprint density at radius 3 is 2.58 bits per heavy atom. The second-order valence-corrected chi connectivity index (χ2v) is 8.28. The van der Waals surface area contributed by atoms with Crippen LogP contribution in [0.3, 0.4) is 0 Å². The van der Waals surface area contributed by atoms with Crippen molar-refractivity contribution >= 4 is 22.8 Å². The Morgan fingerprint density at radius 1 is 1.26 bits per heavy atom. The summed E-state index contributed by atoms with van der Waals surface area (Å²) in [5.41, 5.74) is 1.95. The van der Waals surface area contributed by atoms with E-state index in [4.69, 9.17) is 4.42 Å². The van der Waals surface area contributed by atoms with E-state index >= 15 is 0 Å². The number of likely N-dealkylation sites (N-methyl/N-ethyl adjacent to an activating group) is 1. The van der Waals surface area contributed by atoms with E-state index in [-0.39, 0.29) is 29.3 Å². The fraction of sp³-hybridized carbons (Fsp3) is 0.435. The lowest BCUT2D eigenvalue weighted by molar-refractivity contribution is -0.124. The molecule has 0 fully saturated rings. The third-order valence-corrected chi connectivity index (χ3v) is 5.41. The molecule has 0 aliphatic rings. The lowest BCUT2D eigenvalue weighted by Gasteiger charge is -2.22. The average molecular weight is 427 g/mol. The summed E-state index contributed by atoms with van der Waals surface area (Å²) in [5, 5.41) is 16.5. The van der Waals surface area contributed by atoms with Gasteiger partial charge in [0, 0.05) is 30.6 Å². The fourth-order valence-electron chi connectivity index (χ4n) is 3.87. The molecule has 0 saturated heterocycles. The molecule has 0 aliphatic heterocycles. The van der Waals surface area contributed by atoms with Gasteiger partial charge in [0.25, 0.3) is 0 Å². The molecule has 3 N–H and O–H groups in total. The number of carboxylic acids is 1. The van der Waals surface area contributed by atoms with Crippen LogP contribution >= 0.6 is 0 Å². The molecule has 31 heavy (non-hydrogen) atoms. The molecule has 8 heteroatoms. The number of nitrogens with one attached hydrogen (secondary N) is 2. The number of aromatic carboxylic acids is 1. The number of hydrogen-bond acceptors (Lipinski definition) is 5. The highest BCUT2D eigenvalue weighted by Crippen LogP contribution is 2.27. The number of aryl methyl sites for hydroxylation is 2. The molecule has 2 heterocycles. The number of oxazole rings is 1. The maximum atomic E-state index is 13.0. The molecular weight excluding hydrogens is 396 g/mol. The van der Waals surface area contributed by atoms with Gasteiger partial charge in [-0.3, -0.25) is 4.79 Å². The number of benzene rings is 1. The molecule has 0 unspecified atom stereocenters. The van der Waals surface area contributed by atoms with Crippen LogP contribution in [0.1, 0.15) is 54.0 Å². The van der Waals surface area contributed by atoms with Crippen LogP contribution in [0, 0.1) is 12.8 Å². The first kappa shape index (κ1) is 22.6. The molecule has 0 radical (unpaired) electrons. The van der Waals surface area contributed by atoms with E-state index < -0.39 is 12.0 Å². The minimum atomic E-state index is -1.16. The van der Waals surface area contributed by atoms with Gasteiger partial charge in [0.2, 0.25) is 11.8 Å². The number of carbonyl (C=O) groups is 2. The Labute approximate surface area is 181 Å². The third kappa shape index (κ3) is 4.96. The molecule has 166 valence electrons. The zero-order chi connectivity index (χ0) is 22.7. The van der Waals surface area contributed by atoms with Gasteiger partial charge in [-0.2, -0.15) is 0 Å². The molecule has 0 spiro atoms. The number of fused-ring (bicyclic) bond motifs is 1. The van der Waals surface area contributed by atoms with Crippen molar-refractivity contribution in [2.24, 2.45) is 13.0 Å². The van der Waals surface area contributed by atoms with Crippen molar-refractivity contribution in [1.29, 1.82) is 0 Å². The van der Waals surface area contributed by atoms with E-state index in [2.05, 4.69) is 29.5 Å². The smallest absolute Gasteiger partial charge is 0.358 e. The van der Waals surface area contributed by atoms with Crippen molar-refractivity contribution < 1.29 is 19.1 Å². The van der Waals surface area contributed by atoms with Crippen molar-refractivity contribution in [3.05, 3.63) is 53.4 Å². The number of amides is 1. The second kappa shape index (κ2) is 9.34. The van der Waals surface area contributed by atoms with Crippen molar-refractivity contribution in [2.75, 3.05) is 7.05 Å². The highest BCUT2D eigenvalue weighted by molar-refractivity contribution is 5.87. The van der Waals surface area contributed by atoms with Gasteiger partial charge in [0.05, 0.1) is 6.04 Å². The Morgan fingerprint density at radius 2 is 1.97 bits per heavy atom. The first-order valence-corrected chi connectivity index (χ1v) is 10.4. The summed E-state index contributed by atoms with van der Waals surface area (Å²) in [4.78, 5) is 28.7. The van der Waals surface area contributed by atoms with Crippen molar-refractivity contribution in [2.45, 2.75) is 45.7 Å². The number of rotatable bonds is 9. The summed E-state index contributed by atoms with van der Waals surface area (Å²) in [7, 11) is 3.72. The maximum Gasteiger partial charge on any atom is 0.358 e. The summed E-state index contributed by atoms with van der Waals surface area (Å²) >= 11 is 0. The molecule has 2 atom stereocenters. The van der Waals surface area contributed by atoms with Crippen LogP contribution < -0.4 is 10.6 Å². The van der Waals surface area contributed by atoms with Crippen LogP contribution in [-0.4, -0.2) is 39.6 Å². The number of carbonyl (C=O) groups excluding carboxylic acids is 1. The molecule has 0 bridgehead atoms. The first-order valence-electron chi connectivity index (χ1n) is 10.4. The van der Waals surface area contributed by atoms with Gasteiger partial charge in [-0.05, 0) is 37.9 Å². The normalized spacial score (nSPS) is 13.5. The largest absolute Gasteiger partial charge is 0.476 e. The minimum Gasteiger partial charge on any atom is -0.476 e. The summed E-state index contributed by atoms with van der Waals surface area (Å²) in [6.45, 7) is 5.68. The van der Waals surface area contributed by atoms with Crippen LogP contribution in [-0.2, 0) is 18.3 Å². The predicted octanol–water partition coefficient (Wildman–Crippen LogP) is 3.21. The molecule has 3 aromatic rings. The first-order chi connectivity index (χ1) is 14.7. The summed E-state index contributed by atoms with van der Waals surface area (Å²) in [5.74, 6) is -0.588. The van der Waals surface area contributed by atoms with Gasteiger partial charge in [-0.25, -0.2) is 9.78 Å². The molecular formula is C23H30N4O4. The Bertz CT molecular complexity index is 1080. The average Bonchev–Trinajstić information content (AvgIpc) is 3.26. The molecule has 1 amide bonds. The monoisotopic (exact) mass is 426 g/mol. The number of aromatic nitrogens is 2. The quantitative estimate of drug-likeness (QED) is 0.485. The Kier molecular flexibility index (Phi) is 6.80. The van der Waals surface area contributed by atoms with Gasteiger partial charge in [0.1, 0.15) is 11.8 Å². The highest BCUT2D eigenvalue weighted by Gasteiger charge is 2.28. The number of hydrogen-bond donors (Lipinski definition) is 3. The van der Waals surface area contributed by atoms with Crippen molar-refractivity contribution in [1.82, 2.24) is 20.2 Å². The van der Waals surface area contributed by atoms with Crippen LogP contribution in [0.15, 0.2) is 34.9 Å². The zero-order valence-corrected chi connectivity index (χ0v) is 18.6.